The van der Waals surface area contributed by atoms with Gasteiger partial charge >= 0.3 is 12.1 Å². The van der Waals surface area contributed by atoms with Crippen LogP contribution in [0, 0.1) is 13.8 Å². The van der Waals surface area contributed by atoms with Gasteiger partial charge in [0.05, 0.1) is 11.0 Å². The summed E-state index contributed by atoms with van der Waals surface area (Å²) in [6.45, 7) is 4.60. The fraction of sp³-hybridized carbons (Fsp3) is 0.200. The van der Waals surface area contributed by atoms with Crippen LogP contribution in [-0.4, -0.2) is 47.5 Å². The normalized spacial score (nSPS) is 11.3. The summed E-state index contributed by atoms with van der Waals surface area (Å²) in [7, 11) is 0. The van der Waals surface area contributed by atoms with Crippen LogP contribution in [0.2, 0.25) is 0 Å². The number of carboxylic acid groups (broad SMARTS) is 1. The predicted molar refractivity (Wildman–Crippen MR) is 106 cm³/mol. The Morgan fingerprint density at radius 2 is 1.75 bits per heavy atom. The molecule has 9 nitrogen and oxygen atoms in total. The van der Waals surface area contributed by atoms with Crippen molar-refractivity contribution in [2.45, 2.75) is 26.6 Å². The van der Waals surface area contributed by atoms with Crippen molar-refractivity contribution in [1.82, 2.24) is 24.6 Å². The number of amides is 1. The number of pyridine rings is 1. The van der Waals surface area contributed by atoms with Gasteiger partial charge in [0.1, 0.15) is 5.82 Å². The lowest BCUT2D eigenvalue weighted by molar-refractivity contribution is -0.192. The number of halogens is 3. The Kier molecular flexibility index (Phi) is 6.16. The summed E-state index contributed by atoms with van der Waals surface area (Å²) in [4.78, 5) is 20.5. The van der Waals surface area contributed by atoms with E-state index in [9.17, 15) is 18.0 Å². The van der Waals surface area contributed by atoms with Gasteiger partial charge < -0.3 is 9.67 Å². The van der Waals surface area contributed by atoms with Crippen LogP contribution >= 0.6 is 0 Å². The Balaban J connectivity index is 0.000000360. The van der Waals surface area contributed by atoms with Gasteiger partial charge in [-0.3, -0.25) is 14.4 Å². The summed E-state index contributed by atoms with van der Waals surface area (Å²) < 4.78 is 36.0. The fourth-order valence-corrected chi connectivity index (χ4v) is 3.24. The lowest BCUT2D eigenvalue weighted by Crippen LogP contribution is -2.21. The molecular formula is C20H18F3N5O4. The van der Waals surface area contributed by atoms with Crippen LogP contribution < -0.4 is 5.48 Å². The molecule has 168 valence electrons. The molecule has 3 N–H and O–H groups in total. The SMILES string of the molecule is Cc1cc2c(ccc3nnc(C)n32)n1Cc1cccc(C(=O)NO)c1.O=C(O)C(F)(F)F. The van der Waals surface area contributed by atoms with Gasteiger partial charge in [0.2, 0.25) is 0 Å². The number of hydrogen-bond acceptors (Lipinski definition) is 5. The standard InChI is InChI=1S/C18H17N5O2.C2HF3O2/c1-11-8-16-15(6-7-17-20-19-12(2)23(16)17)22(11)10-13-4-3-5-14(9-13)18(24)21-25;3-2(4,5)1(6)7/h3-9,25H,10H2,1-2H3,(H,21,24);(H,6,7). The van der Waals surface area contributed by atoms with E-state index in [0.717, 1.165) is 33.8 Å². The van der Waals surface area contributed by atoms with Crippen molar-refractivity contribution >= 4 is 28.6 Å². The largest absolute Gasteiger partial charge is 0.490 e. The first-order chi connectivity index (χ1) is 15.0. The molecule has 0 atom stereocenters. The van der Waals surface area contributed by atoms with Crippen molar-refractivity contribution in [1.29, 1.82) is 0 Å². The first-order valence-corrected chi connectivity index (χ1v) is 9.17. The van der Waals surface area contributed by atoms with Crippen LogP contribution in [0.3, 0.4) is 0 Å². The summed E-state index contributed by atoms with van der Waals surface area (Å²) in [5.41, 5.74) is 7.12. The van der Waals surface area contributed by atoms with Gasteiger partial charge in [0.25, 0.3) is 5.91 Å². The van der Waals surface area contributed by atoms with Gasteiger partial charge in [-0.05, 0) is 49.7 Å². The number of fused-ring (bicyclic) bond motifs is 3. The molecule has 12 heteroatoms. The van der Waals surface area contributed by atoms with Crippen LogP contribution in [0.4, 0.5) is 13.2 Å². The number of rotatable bonds is 3. The third-order valence-corrected chi connectivity index (χ3v) is 4.68. The smallest absolute Gasteiger partial charge is 0.475 e. The zero-order valence-electron chi connectivity index (χ0n) is 16.9. The third kappa shape index (κ3) is 4.54. The molecule has 0 saturated heterocycles. The topological polar surface area (TPSA) is 122 Å². The second-order valence-corrected chi connectivity index (χ2v) is 6.86. The van der Waals surface area contributed by atoms with Gasteiger partial charge in [-0.2, -0.15) is 13.2 Å². The number of carbonyl (C=O) groups excluding carboxylic acids is 1. The average molecular weight is 449 g/mol. The highest BCUT2D eigenvalue weighted by molar-refractivity contribution is 5.93. The van der Waals surface area contributed by atoms with Gasteiger partial charge in [-0.1, -0.05) is 12.1 Å². The third-order valence-electron chi connectivity index (χ3n) is 4.68. The Labute approximate surface area is 178 Å². The maximum Gasteiger partial charge on any atom is 0.490 e. The fourth-order valence-electron chi connectivity index (χ4n) is 3.24. The van der Waals surface area contributed by atoms with E-state index in [4.69, 9.17) is 15.1 Å². The molecule has 4 rings (SSSR count). The van der Waals surface area contributed by atoms with Crippen molar-refractivity contribution in [3.05, 3.63) is 65.1 Å². The van der Waals surface area contributed by atoms with E-state index in [1.807, 2.05) is 35.6 Å². The van der Waals surface area contributed by atoms with Gasteiger partial charge in [0.15, 0.2) is 5.65 Å². The molecule has 0 aliphatic heterocycles. The first kappa shape index (κ1) is 22.7. The number of nitrogens with zero attached hydrogens (tertiary/aromatic N) is 4. The molecule has 0 unspecified atom stereocenters. The minimum absolute atomic E-state index is 0.422. The summed E-state index contributed by atoms with van der Waals surface area (Å²) >= 11 is 0. The molecule has 0 saturated carbocycles. The Bertz CT molecular complexity index is 1310. The Morgan fingerprint density at radius 3 is 2.38 bits per heavy atom. The van der Waals surface area contributed by atoms with Crippen molar-refractivity contribution in [3.8, 4) is 0 Å². The average Bonchev–Trinajstić information content (AvgIpc) is 3.27. The molecule has 0 bridgehead atoms. The Hall–Kier alpha value is -3.93. The highest BCUT2D eigenvalue weighted by Crippen LogP contribution is 2.23. The molecule has 3 heterocycles. The number of aliphatic carboxylic acids is 1. The zero-order valence-corrected chi connectivity index (χ0v) is 16.9. The maximum atomic E-state index is 11.6. The second kappa shape index (κ2) is 8.67. The van der Waals surface area contributed by atoms with Crippen molar-refractivity contribution in [2.24, 2.45) is 0 Å². The van der Waals surface area contributed by atoms with Gasteiger partial charge in [-0.15, -0.1) is 10.2 Å². The number of hydroxylamine groups is 1. The number of aromatic nitrogens is 4. The van der Waals surface area contributed by atoms with Gasteiger partial charge in [-0.25, -0.2) is 10.3 Å². The molecule has 32 heavy (non-hydrogen) atoms. The van der Waals surface area contributed by atoms with Crippen molar-refractivity contribution in [2.75, 3.05) is 0 Å². The molecule has 0 fully saturated rings. The highest BCUT2D eigenvalue weighted by atomic mass is 19.4. The maximum absolute atomic E-state index is 11.6. The summed E-state index contributed by atoms with van der Waals surface area (Å²) in [6, 6.07) is 13.3. The van der Waals surface area contributed by atoms with E-state index in [1.165, 1.54) is 0 Å². The van der Waals surface area contributed by atoms with E-state index in [1.54, 1.807) is 17.6 Å². The molecule has 1 amide bonds. The monoisotopic (exact) mass is 449 g/mol. The van der Waals surface area contributed by atoms with E-state index in [2.05, 4.69) is 27.8 Å². The van der Waals surface area contributed by atoms with Crippen molar-refractivity contribution in [3.63, 3.8) is 0 Å². The zero-order chi connectivity index (χ0) is 23.6. The van der Waals surface area contributed by atoms with E-state index in [-0.39, 0.29) is 0 Å². The van der Waals surface area contributed by atoms with Gasteiger partial charge in [0, 0.05) is 17.8 Å². The number of nitrogens with one attached hydrogen (secondary N) is 1. The Morgan fingerprint density at radius 1 is 1.06 bits per heavy atom. The minimum Gasteiger partial charge on any atom is -0.475 e. The molecular weight excluding hydrogens is 431 g/mol. The first-order valence-electron chi connectivity index (χ1n) is 9.17. The highest BCUT2D eigenvalue weighted by Gasteiger charge is 2.38. The second-order valence-electron chi connectivity index (χ2n) is 6.86. The predicted octanol–water partition coefficient (Wildman–Crippen LogP) is 3.10. The van der Waals surface area contributed by atoms with E-state index >= 15 is 0 Å². The van der Waals surface area contributed by atoms with Crippen LogP contribution in [0.15, 0.2) is 42.5 Å². The van der Waals surface area contributed by atoms with Crippen LogP contribution in [0.5, 0.6) is 0 Å². The quantitative estimate of drug-likeness (QED) is 0.326. The number of aryl methyl sites for hydroxylation is 2. The number of carbonyl (C=O) groups is 2. The molecule has 0 aliphatic carbocycles. The van der Waals surface area contributed by atoms with Crippen LogP contribution in [0.25, 0.3) is 16.7 Å². The molecule has 0 aliphatic rings. The summed E-state index contributed by atoms with van der Waals surface area (Å²) in [5, 5.41) is 24.2. The van der Waals surface area contributed by atoms with E-state index < -0.39 is 18.1 Å². The lowest BCUT2D eigenvalue weighted by Gasteiger charge is -2.10. The molecule has 1 aromatic carbocycles. The molecule has 4 aromatic rings. The number of hydrogen-bond donors (Lipinski definition) is 3. The molecule has 0 spiro atoms. The lowest BCUT2D eigenvalue weighted by atomic mass is 10.1. The summed E-state index contributed by atoms with van der Waals surface area (Å²) in [6.07, 6.45) is -5.08. The molecule has 3 aromatic heterocycles. The number of alkyl halides is 3. The number of benzene rings is 1. The van der Waals surface area contributed by atoms with Crippen LogP contribution in [-0.2, 0) is 11.3 Å². The van der Waals surface area contributed by atoms with Crippen LogP contribution in [0.1, 0.15) is 27.4 Å². The molecule has 0 radical (unpaired) electrons. The summed E-state index contributed by atoms with van der Waals surface area (Å²) in [5.74, 6) is -2.43. The van der Waals surface area contributed by atoms with Crippen molar-refractivity contribution < 1.29 is 33.1 Å². The van der Waals surface area contributed by atoms with E-state index in [0.29, 0.717) is 12.1 Å². The number of carboxylic acids is 1. The minimum atomic E-state index is -5.08.